The van der Waals surface area contributed by atoms with Gasteiger partial charge in [0.15, 0.2) is 11.5 Å². The van der Waals surface area contributed by atoms with E-state index in [1.165, 1.54) is 6.07 Å². The molecule has 2 aromatic carbocycles. The van der Waals surface area contributed by atoms with Crippen molar-refractivity contribution in [2.45, 2.75) is 13.0 Å². The lowest BCUT2D eigenvalue weighted by molar-refractivity contribution is 0.240. The van der Waals surface area contributed by atoms with Gasteiger partial charge in [-0.05, 0) is 36.2 Å². The number of hydrogen-bond donors (Lipinski definition) is 2. The number of carbonyl (C=O) groups excluding carboxylic acids is 1. The number of anilines is 1. The van der Waals surface area contributed by atoms with Crippen molar-refractivity contribution in [2.75, 3.05) is 39.3 Å². The van der Waals surface area contributed by atoms with Crippen LogP contribution in [0.3, 0.4) is 0 Å². The Labute approximate surface area is 159 Å². The monoisotopic (exact) mass is 375 g/mol. The number of carbonyl (C=O) groups is 1. The molecule has 2 aromatic rings. The number of rotatable bonds is 9. The number of nitrogens with zero attached hydrogens (tertiary/aromatic N) is 1. The van der Waals surface area contributed by atoms with Gasteiger partial charge in [-0.15, -0.1) is 0 Å². The lowest BCUT2D eigenvalue weighted by atomic mass is 10.2. The van der Waals surface area contributed by atoms with Crippen molar-refractivity contribution in [1.82, 2.24) is 10.6 Å². The van der Waals surface area contributed by atoms with Crippen LogP contribution in [0, 0.1) is 5.82 Å². The molecule has 0 aromatic heterocycles. The summed E-state index contributed by atoms with van der Waals surface area (Å²) in [6, 6.07) is 11.9. The van der Waals surface area contributed by atoms with Crippen LogP contribution in [0.5, 0.6) is 11.5 Å². The summed E-state index contributed by atoms with van der Waals surface area (Å²) in [6.45, 7) is 1.51. The molecule has 0 aliphatic rings. The summed E-state index contributed by atoms with van der Waals surface area (Å²) in [4.78, 5) is 13.7. The molecule has 0 saturated carbocycles. The summed E-state index contributed by atoms with van der Waals surface area (Å²) >= 11 is 0. The Morgan fingerprint density at radius 3 is 2.52 bits per heavy atom. The second kappa shape index (κ2) is 10.3. The van der Waals surface area contributed by atoms with Crippen LogP contribution in [0.25, 0.3) is 0 Å². The molecule has 0 unspecified atom stereocenters. The maximum Gasteiger partial charge on any atom is 0.315 e. The SMILES string of the molecule is COc1ccc(CNC(=O)NCCCN(C)c2ccccc2F)cc1OC. The van der Waals surface area contributed by atoms with Crippen LogP contribution in [0.2, 0.25) is 0 Å². The Morgan fingerprint density at radius 2 is 1.81 bits per heavy atom. The molecule has 0 aliphatic heterocycles. The molecule has 2 amide bonds. The molecule has 0 atom stereocenters. The zero-order valence-electron chi connectivity index (χ0n) is 15.9. The van der Waals surface area contributed by atoms with Gasteiger partial charge in [-0.3, -0.25) is 0 Å². The van der Waals surface area contributed by atoms with Crippen molar-refractivity contribution in [3.63, 3.8) is 0 Å². The van der Waals surface area contributed by atoms with Gasteiger partial charge in [0.1, 0.15) is 5.82 Å². The normalized spacial score (nSPS) is 10.2. The first-order chi connectivity index (χ1) is 13.0. The molecule has 2 rings (SSSR count). The molecule has 0 fully saturated rings. The summed E-state index contributed by atoms with van der Waals surface area (Å²) in [5.74, 6) is 1.01. The molecule has 27 heavy (non-hydrogen) atoms. The van der Waals surface area contributed by atoms with Crippen molar-refractivity contribution in [2.24, 2.45) is 0 Å². The Hall–Kier alpha value is -2.96. The lowest BCUT2D eigenvalue weighted by Gasteiger charge is -2.19. The molecule has 6 nitrogen and oxygen atoms in total. The fourth-order valence-corrected chi connectivity index (χ4v) is 2.64. The topological polar surface area (TPSA) is 62.8 Å². The largest absolute Gasteiger partial charge is 0.493 e. The van der Waals surface area contributed by atoms with E-state index in [4.69, 9.17) is 9.47 Å². The molecular formula is C20H26FN3O3. The van der Waals surface area contributed by atoms with Crippen LogP contribution in [0.4, 0.5) is 14.9 Å². The number of methoxy groups -OCH3 is 2. The molecule has 0 bridgehead atoms. The summed E-state index contributed by atoms with van der Waals surface area (Å²) < 4.78 is 24.1. The summed E-state index contributed by atoms with van der Waals surface area (Å²) in [5, 5.41) is 5.60. The second-order valence-electron chi connectivity index (χ2n) is 6.03. The highest BCUT2D eigenvalue weighted by Gasteiger charge is 2.08. The third-order valence-electron chi connectivity index (χ3n) is 4.12. The van der Waals surface area contributed by atoms with Gasteiger partial charge in [0.25, 0.3) is 0 Å². The quantitative estimate of drug-likeness (QED) is 0.661. The summed E-state index contributed by atoms with van der Waals surface area (Å²) in [5.41, 5.74) is 1.46. The van der Waals surface area contributed by atoms with Crippen molar-refractivity contribution >= 4 is 11.7 Å². The maximum atomic E-state index is 13.7. The van der Waals surface area contributed by atoms with Crippen LogP contribution in [-0.2, 0) is 6.54 Å². The van der Waals surface area contributed by atoms with E-state index >= 15 is 0 Å². The fourth-order valence-electron chi connectivity index (χ4n) is 2.64. The molecule has 0 aliphatic carbocycles. The van der Waals surface area contributed by atoms with Crippen LogP contribution >= 0.6 is 0 Å². The third kappa shape index (κ3) is 6.06. The van der Waals surface area contributed by atoms with E-state index in [0.717, 1.165) is 5.56 Å². The van der Waals surface area contributed by atoms with Gasteiger partial charge in [-0.2, -0.15) is 0 Å². The first-order valence-electron chi connectivity index (χ1n) is 8.73. The van der Waals surface area contributed by atoms with Crippen molar-refractivity contribution in [1.29, 1.82) is 0 Å². The molecule has 7 heteroatoms. The Morgan fingerprint density at radius 1 is 1.07 bits per heavy atom. The molecule has 2 N–H and O–H groups in total. The average Bonchev–Trinajstić information content (AvgIpc) is 2.69. The van der Waals surface area contributed by atoms with Crippen LogP contribution in [0.1, 0.15) is 12.0 Å². The molecule has 0 heterocycles. The lowest BCUT2D eigenvalue weighted by Crippen LogP contribution is -2.36. The third-order valence-corrected chi connectivity index (χ3v) is 4.12. The number of benzene rings is 2. The van der Waals surface area contributed by atoms with Gasteiger partial charge < -0.3 is 25.0 Å². The molecule has 146 valence electrons. The van der Waals surface area contributed by atoms with E-state index in [2.05, 4.69) is 10.6 Å². The predicted molar refractivity (Wildman–Crippen MR) is 104 cm³/mol. The number of hydrogen-bond acceptors (Lipinski definition) is 4. The number of para-hydroxylation sites is 1. The van der Waals surface area contributed by atoms with E-state index in [1.807, 2.05) is 24.1 Å². The van der Waals surface area contributed by atoms with Crippen LogP contribution in [0.15, 0.2) is 42.5 Å². The highest BCUT2D eigenvalue weighted by atomic mass is 19.1. The van der Waals surface area contributed by atoms with E-state index in [-0.39, 0.29) is 11.8 Å². The zero-order chi connectivity index (χ0) is 19.6. The number of urea groups is 1. The van der Waals surface area contributed by atoms with Gasteiger partial charge >= 0.3 is 6.03 Å². The van der Waals surface area contributed by atoms with Gasteiger partial charge in [0, 0.05) is 26.7 Å². The first kappa shape index (κ1) is 20.4. The van der Waals surface area contributed by atoms with E-state index in [0.29, 0.717) is 43.2 Å². The number of amides is 2. The zero-order valence-corrected chi connectivity index (χ0v) is 15.9. The number of nitrogens with one attached hydrogen (secondary N) is 2. The average molecular weight is 375 g/mol. The maximum absolute atomic E-state index is 13.7. The first-order valence-corrected chi connectivity index (χ1v) is 8.73. The molecule has 0 spiro atoms. The number of halogens is 1. The van der Waals surface area contributed by atoms with E-state index in [1.54, 1.807) is 38.5 Å². The molecule has 0 radical (unpaired) electrons. The fraction of sp³-hybridized carbons (Fsp3) is 0.350. The minimum Gasteiger partial charge on any atom is -0.493 e. The minimum absolute atomic E-state index is 0.249. The predicted octanol–water partition coefficient (Wildman–Crippen LogP) is 3.17. The summed E-state index contributed by atoms with van der Waals surface area (Å²) in [7, 11) is 4.97. The van der Waals surface area contributed by atoms with Crippen molar-refractivity contribution in [3.8, 4) is 11.5 Å². The van der Waals surface area contributed by atoms with E-state index in [9.17, 15) is 9.18 Å². The Bertz CT molecular complexity index is 755. The van der Waals surface area contributed by atoms with Gasteiger partial charge in [0.05, 0.1) is 19.9 Å². The summed E-state index contributed by atoms with van der Waals surface area (Å²) in [6.07, 6.45) is 0.703. The van der Waals surface area contributed by atoms with Crippen molar-refractivity contribution in [3.05, 3.63) is 53.8 Å². The molecule has 0 saturated heterocycles. The van der Waals surface area contributed by atoms with Crippen molar-refractivity contribution < 1.29 is 18.7 Å². The van der Waals surface area contributed by atoms with Crippen LogP contribution in [-0.4, -0.2) is 40.4 Å². The number of ether oxygens (including phenoxy) is 2. The smallest absolute Gasteiger partial charge is 0.315 e. The van der Waals surface area contributed by atoms with Crippen LogP contribution < -0.4 is 25.0 Å². The van der Waals surface area contributed by atoms with Gasteiger partial charge in [-0.25, -0.2) is 9.18 Å². The highest BCUT2D eigenvalue weighted by molar-refractivity contribution is 5.73. The molecular weight excluding hydrogens is 349 g/mol. The van der Waals surface area contributed by atoms with Gasteiger partial charge in [0.2, 0.25) is 0 Å². The minimum atomic E-state index is -0.252. The standard InChI is InChI=1S/C20H26FN3O3/c1-24(17-8-5-4-7-16(17)21)12-6-11-22-20(25)23-14-15-9-10-18(26-2)19(13-15)27-3/h4-5,7-10,13H,6,11-12,14H2,1-3H3,(H2,22,23,25). The Balaban J connectivity index is 1.70. The van der Waals surface area contributed by atoms with E-state index < -0.39 is 0 Å². The Kier molecular flexibility index (Phi) is 7.73. The highest BCUT2D eigenvalue weighted by Crippen LogP contribution is 2.27. The van der Waals surface area contributed by atoms with Gasteiger partial charge in [-0.1, -0.05) is 18.2 Å². The second-order valence-corrected chi connectivity index (χ2v) is 6.03.